The van der Waals surface area contributed by atoms with E-state index in [0.717, 1.165) is 11.1 Å². The highest BCUT2D eigenvalue weighted by Gasteiger charge is 2.66. The summed E-state index contributed by atoms with van der Waals surface area (Å²) in [4.78, 5) is 38.0. The molecule has 3 aliphatic rings. The van der Waals surface area contributed by atoms with E-state index >= 15 is 0 Å². The van der Waals surface area contributed by atoms with Crippen molar-refractivity contribution >= 4 is 18.0 Å². The van der Waals surface area contributed by atoms with Gasteiger partial charge in [-0.25, -0.2) is 4.79 Å². The van der Waals surface area contributed by atoms with Crippen LogP contribution in [-0.4, -0.2) is 53.7 Å². The Kier molecular flexibility index (Phi) is 5.52. The summed E-state index contributed by atoms with van der Waals surface area (Å²) >= 11 is 0. The summed E-state index contributed by atoms with van der Waals surface area (Å²) < 4.78 is 5.63. The lowest BCUT2D eigenvalue weighted by Gasteiger charge is -2.24. The SMILES string of the molecule is C#CCN(CC(=O)O)C(=O)[C@@]12C[C@@H](NC(=O)OCC3c4ccccc4-c4ccccc43)C[C@@H]1C2. The zero-order chi connectivity index (χ0) is 23.9. The van der Waals surface area contributed by atoms with Crippen LogP contribution in [0.3, 0.4) is 0 Å². The number of carboxylic acids is 1. The Balaban J connectivity index is 1.19. The van der Waals surface area contributed by atoms with Gasteiger partial charge in [0.15, 0.2) is 0 Å². The minimum atomic E-state index is -1.09. The van der Waals surface area contributed by atoms with Gasteiger partial charge in [0.05, 0.1) is 12.0 Å². The summed E-state index contributed by atoms with van der Waals surface area (Å²) in [6, 6.07) is 16.1. The molecule has 2 aromatic rings. The molecular formula is C27H26N2O5. The van der Waals surface area contributed by atoms with E-state index in [1.54, 1.807) is 0 Å². The van der Waals surface area contributed by atoms with Crippen LogP contribution >= 0.6 is 0 Å². The molecule has 0 heterocycles. The number of hydrogen-bond acceptors (Lipinski definition) is 4. The predicted octanol–water partition coefficient (Wildman–Crippen LogP) is 3.24. The van der Waals surface area contributed by atoms with Gasteiger partial charge in [0, 0.05) is 12.0 Å². The molecule has 2 saturated carbocycles. The number of fused-ring (bicyclic) bond motifs is 4. The molecular weight excluding hydrogens is 432 g/mol. The monoisotopic (exact) mass is 458 g/mol. The molecule has 5 rings (SSSR count). The molecule has 0 unspecified atom stereocenters. The van der Waals surface area contributed by atoms with Gasteiger partial charge < -0.3 is 20.1 Å². The molecule has 0 radical (unpaired) electrons. The molecule has 7 nitrogen and oxygen atoms in total. The Labute approximate surface area is 198 Å². The summed E-state index contributed by atoms with van der Waals surface area (Å²) in [7, 11) is 0. The normalized spacial score (nSPS) is 23.7. The van der Waals surface area contributed by atoms with Gasteiger partial charge in [0.25, 0.3) is 0 Å². The van der Waals surface area contributed by atoms with E-state index in [2.05, 4.69) is 35.5 Å². The number of ether oxygens (including phenoxy) is 1. The first-order chi connectivity index (χ1) is 16.4. The zero-order valence-electron chi connectivity index (χ0n) is 18.7. The second-order valence-electron chi connectivity index (χ2n) is 9.42. The second kappa shape index (κ2) is 8.53. The van der Waals surface area contributed by atoms with E-state index in [4.69, 9.17) is 16.3 Å². The number of hydrogen-bond donors (Lipinski definition) is 2. The van der Waals surface area contributed by atoms with Crippen LogP contribution in [0.25, 0.3) is 11.1 Å². The summed E-state index contributed by atoms with van der Waals surface area (Å²) in [5.41, 5.74) is 4.01. The van der Waals surface area contributed by atoms with E-state index in [-0.39, 0.29) is 36.9 Å². The molecule has 3 atom stereocenters. The van der Waals surface area contributed by atoms with Crippen LogP contribution in [0.1, 0.15) is 36.3 Å². The molecule has 34 heavy (non-hydrogen) atoms. The molecule has 2 aromatic carbocycles. The van der Waals surface area contributed by atoms with E-state index in [1.165, 1.54) is 16.0 Å². The molecule has 2 fully saturated rings. The number of carbonyl (C=O) groups excluding carboxylic acids is 2. The van der Waals surface area contributed by atoms with Crippen molar-refractivity contribution in [1.29, 1.82) is 0 Å². The molecule has 0 bridgehead atoms. The quantitative estimate of drug-likeness (QED) is 0.621. The van der Waals surface area contributed by atoms with Crippen molar-refractivity contribution in [2.24, 2.45) is 11.3 Å². The molecule has 3 aliphatic carbocycles. The summed E-state index contributed by atoms with van der Waals surface area (Å²) in [5, 5.41) is 12.0. The van der Waals surface area contributed by atoms with Crippen molar-refractivity contribution in [2.75, 3.05) is 19.7 Å². The van der Waals surface area contributed by atoms with E-state index in [9.17, 15) is 14.4 Å². The topological polar surface area (TPSA) is 95.9 Å². The number of amides is 2. The van der Waals surface area contributed by atoms with Crippen molar-refractivity contribution in [3.63, 3.8) is 0 Å². The zero-order valence-corrected chi connectivity index (χ0v) is 18.7. The first kappa shape index (κ1) is 22.0. The maximum Gasteiger partial charge on any atom is 0.407 e. The van der Waals surface area contributed by atoms with Crippen molar-refractivity contribution in [3.8, 4) is 23.5 Å². The van der Waals surface area contributed by atoms with Crippen molar-refractivity contribution < 1.29 is 24.2 Å². The fourth-order valence-corrected chi connectivity index (χ4v) is 5.86. The molecule has 7 heteroatoms. The van der Waals surface area contributed by atoms with Gasteiger partial charge >= 0.3 is 12.1 Å². The smallest absolute Gasteiger partial charge is 0.407 e. The summed E-state index contributed by atoms with van der Waals surface area (Å²) in [5.74, 6) is 1.16. The van der Waals surface area contributed by atoms with Gasteiger partial charge in [0.2, 0.25) is 5.91 Å². The molecule has 2 N–H and O–H groups in total. The van der Waals surface area contributed by atoms with E-state index in [0.29, 0.717) is 19.3 Å². The first-order valence-electron chi connectivity index (χ1n) is 11.5. The number of benzene rings is 2. The number of carboxylic acid groups (broad SMARTS) is 1. The Morgan fingerprint density at radius 2 is 1.74 bits per heavy atom. The Hall–Kier alpha value is -3.79. The van der Waals surface area contributed by atoms with E-state index < -0.39 is 24.0 Å². The van der Waals surface area contributed by atoms with Crippen LogP contribution in [0.4, 0.5) is 4.79 Å². The third kappa shape index (κ3) is 3.79. The number of rotatable bonds is 7. The molecule has 0 aliphatic heterocycles. The van der Waals surface area contributed by atoms with Gasteiger partial charge in [-0.1, -0.05) is 54.5 Å². The Bertz CT molecular complexity index is 1160. The third-order valence-electron chi connectivity index (χ3n) is 7.40. The van der Waals surface area contributed by atoms with Gasteiger partial charge in [-0.3, -0.25) is 9.59 Å². The van der Waals surface area contributed by atoms with Crippen LogP contribution in [0, 0.1) is 23.7 Å². The van der Waals surface area contributed by atoms with Gasteiger partial charge in [-0.2, -0.15) is 0 Å². The Morgan fingerprint density at radius 3 is 2.35 bits per heavy atom. The van der Waals surface area contributed by atoms with Crippen LogP contribution in [0.2, 0.25) is 0 Å². The lowest BCUT2D eigenvalue weighted by Crippen LogP contribution is -2.42. The molecule has 0 spiro atoms. The predicted molar refractivity (Wildman–Crippen MR) is 125 cm³/mol. The third-order valence-corrected chi connectivity index (χ3v) is 7.40. The molecule has 0 saturated heterocycles. The standard InChI is InChI=1S/C27H26N2O5/c1-2-11-29(15-24(30)31)25(32)27-13-17(27)12-18(14-27)28-26(33)34-16-23-21-9-5-3-7-19(21)20-8-4-6-10-22(20)23/h1,3-10,17-18,23H,11-16H2,(H,28,33)(H,30,31)/t17-,18+,27+/m1/s1. The lowest BCUT2D eigenvalue weighted by molar-refractivity contribution is -0.146. The van der Waals surface area contributed by atoms with Gasteiger partial charge in [0.1, 0.15) is 13.2 Å². The van der Waals surface area contributed by atoms with Crippen molar-refractivity contribution in [3.05, 3.63) is 59.7 Å². The fraction of sp³-hybridized carbons (Fsp3) is 0.370. The number of nitrogens with one attached hydrogen (secondary N) is 1. The van der Waals surface area contributed by atoms with Gasteiger partial charge in [-0.05, 0) is 47.4 Å². The largest absolute Gasteiger partial charge is 0.480 e. The average Bonchev–Trinajstić information content (AvgIpc) is 3.25. The molecule has 0 aromatic heterocycles. The maximum atomic E-state index is 13.0. The molecule has 2 amide bonds. The van der Waals surface area contributed by atoms with Crippen LogP contribution in [0.15, 0.2) is 48.5 Å². The highest BCUT2D eigenvalue weighted by Crippen LogP contribution is 2.64. The first-order valence-corrected chi connectivity index (χ1v) is 11.5. The maximum absolute atomic E-state index is 13.0. The van der Waals surface area contributed by atoms with Crippen LogP contribution in [-0.2, 0) is 14.3 Å². The number of terminal acetylenes is 1. The van der Waals surface area contributed by atoms with E-state index in [1.807, 2.05) is 24.3 Å². The highest BCUT2D eigenvalue weighted by atomic mass is 16.5. The average molecular weight is 459 g/mol. The number of carbonyl (C=O) groups is 3. The van der Waals surface area contributed by atoms with Crippen molar-refractivity contribution in [2.45, 2.75) is 31.2 Å². The Morgan fingerprint density at radius 1 is 1.09 bits per heavy atom. The number of alkyl carbamates (subject to hydrolysis) is 1. The lowest BCUT2D eigenvalue weighted by atomic mass is 9.98. The van der Waals surface area contributed by atoms with Crippen molar-refractivity contribution in [1.82, 2.24) is 10.2 Å². The minimum absolute atomic E-state index is 0.0172. The molecule has 174 valence electrons. The highest BCUT2D eigenvalue weighted by molar-refractivity contribution is 5.89. The van der Waals surface area contributed by atoms with Crippen LogP contribution in [0.5, 0.6) is 0 Å². The number of aliphatic carboxylic acids is 1. The number of nitrogens with zero attached hydrogens (tertiary/aromatic N) is 1. The second-order valence-corrected chi connectivity index (χ2v) is 9.42. The van der Waals surface area contributed by atoms with Gasteiger partial charge in [-0.15, -0.1) is 6.42 Å². The van der Waals surface area contributed by atoms with Crippen LogP contribution < -0.4 is 5.32 Å². The fourth-order valence-electron chi connectivity index (χ4n) is 5.86. The minimum Gasteiger partial charge on any atom is -0.480 e. The summed E-state index contributed by atoms with van der Waals surface area (Å²) in [6.45, 7) is -0.222. The summed E-state index contributed by atoms with van der Waals surface area (Å²) in [6.07, 6.45) is 6.68.